The largest absolute Gasteiger partial charge is 0.497 e. The van der Waals surface area contributed by atoms with Crippen molar-refractivity contribution in [1.82, 2.24) is 0 Å². The third-order valence-electron chi connectivity index (χ3n) is 6.10. The number of rotatable bonds is 7. The zero-order valence-electron chi connectivity index (χ0n) is 19.4. The summed E-state index contributed by atoms with van der Waals surface area (Å²) in [5.41, 5.74) is 1.81. The third kappa shape index (κ3) is 4.21. The van der Waals surface area contributed by atoms with Crippen LogP contribution >= 0.6 is 15.9 Å². The van der Waals surface area contributed by atoms with Gasteiger partial charge in [-0.05, 0) is 54.4 Å². The summed E-state index contributed by atoms with van der Waals surface area (Å²) in [5.74, 6) is 0.970. The molecule has 0 fully saturated rings. The predicted molar refractivity (Wildman–Crippen MR) is 139 cm³/mol. The highest BCUT2D eigenvalue weighted by molar-refractivity contribution is 9.10. The molecule has 0 aliphatic carbocycles. The van der Waals surface area contributed by atoms with Crippen LogP contribution in [0.15, 0.2) is 80.4 Å². The number of methoxy groups -OCH3 is 1. The van der Waals surface area contributed by atoms with E-state index in [9.17, 15) is 9.59 Å². The lowest BCUT2D eigenvalue weighted by molar-refractivity contribution is 0.0971. The number of hydrogen-bond acceptors (Lipinski definition) is 5. The summed E-state index contributed by atoms with van der Waals surface area (Å²) in [7, 11) is 1.57. The first kappa shape index (κ1) is 23.2. The van der Waals surface area contributed by atoms with Crippen molar-refractivity contribution in [3.63, 3.8) is 0 Å². The molecule has 3 aromatic carbocycles. The predicted octanol–water partition coefficient (Wildman–Crippen LogP) is 6.49. The van der Waals surface area contributed by atoms with Crippen molar-refractivity contribution in [1.29, 1.82) is 0 Å². The zero-order valence-corrected chi connectivity index (χ0v) is 21.0. The van der Waals surface area contributed by atoms with Gasteiger partial charge < -0.3 is 13.9 Å². The van der Waals surface area contributed by atoms with Crippen LogP contribution in [0.2, 0.25) is 0 Å². The number of fused-ring (bicyclic) bond motifs is 2. The molecule has 2 heterocycles. The second-order valence-corrected chi connectivity index (χ2v) is 9.28. The van der Waals surface area contributed by atoms with Crippen molar-refractivity contribution in [3.05, 3.63) is 98.3 Å². The first-order chi connectivity index (χ1) is 17.0. The van der Waals surface area contributed by atoms with E-state index in [1.807, 2.05) is 42.5 Å². The number of nitrogens with zero attached hydrogens (tertiary/aromatic N) is 1. The fourth-order valence-corrected chi connectivity index (χ4v) is 4.76. The first-order valence-corrected chi connectivity index (χ1v) is 12.3. The first-order valence-electron chi connectivity index (χ1n) is 11.5. The molecular weight excluding hydrogens is 510 g/mol. The quantitative estimate of drug-likeness (QED) is 0.254. The number of unbranched alkanes of at least 4 members (excludes halogenated alkanes) is 1. The topological polar surface area (TPSA) is 69.0 Å². The van der Waals surface area contributed by atoms with Crippen molar-refractivity contribution >= 4 is 38.5 Å². The van der Waals surface area contributed by atoms with Crippen LogP contribution in [-0.2, 0) is 0 Å². The normalized spacial score (nSPS) is 14.9. The van der Waals surface area contributed by atoms with Crippen molar-refractivity contribution < 1.29 is 18.7 Å². The summed E-state index contributed by atoms with van der Waals surface area (Å²) in [6.45, 7) is 2.70. The highest BCUT2D eigenvalue weighted by Gasteiger charge is 2.43. The molecule has 0 radical (unpaired) electrons. The Bertz CT molecular complexity index is 1480. The highest BCUT2D eigenvalue weighted by Crippen LogP contribution is 2.42. The maximum absolute atomic E-state index is 13.8. The van der Waals surface area contributed by atoms with E-state index in [-0.39, 0.29) is 17.1 Å². The van der Waals surface area contributed by atoms with Crippen LogP contribution in [0.1, 0.15) is 47.5 Å². The Morgan fingerprint density at radius 2 is 1.80 bits per heavy atom. The molecule has 1 amide bonds. The van der Waals surface area contributed by atoms with Gasteiger partial charge in [-0.1, -0.05) is 47.5 Å². The lowest BCUT2D eigenvalue weighted by Crippen LogP contribution is -2.29. The number of anilines is 1. The maximum Gasteiger partial charge on any atom is 0.295 e. The SMILES string of the molecule is CCCCOc1cccc(C2c3c(oc4ccc(Br)cc4c3=O)C(=O)N2c2cccc(OC)c2)c1. The number of carbonyl (C=O) groups excluding carboxylic acids is 1. The van der Waals surface area contributed by atoms with Gasteiger partial charge in [0.05, 0.1) is 30.7 Å². The van der Waals surface area contributed by atoms with Gasteiger partial charge in [-0.15, -0.1) is 0 Å². The second kappa shape index (κ2) is 9.58. The monoisotopic (exact) mass is 533 g/mol. The average Bonchev–Trinajstić information content (AvgIpc) is 3.17. The van der Waals surface area contributed by atoms with Crippen LogP contribution in [0.4, 0.5) is 5.69 Å². The Morgan fingerprint density at radius 3 is 2.60 bits per heavy atom. The Kier molecular flexibility index (Phi) is 6.34. The molecular formula is C28H24BrNO5. The molecule has 4 aromatic rings. The van der Waals surface area contributed by atoms with Crippen molar-refractivity contribution in [2.75, 3.05) is 18.6 Å². The minimum atomic E-state index is -0.682. The number of benzene rings is 3. The number of carbonyl (C=O) groups is 1. The zero-order chi connectivity index (χ0) is 24.5. The number of hydrogen-bond donors (Lipinski definition) is 0. The standard InChI is InChI=1S/C28H24BrNO5/c1-3-4-13-34-21-10-5-7-17(14-21)25-24-26(31)22-15-18(29)11-12-23(22)35-27(24)28(32)30(25)19-8-6-9-20(16-19)33-2/h5-12,14-16,25H,3-4,13H2,1-2H3. The van der Waals surface area contributed by atoms with Crippen LogP contribution in [0.25, 0.3) is 11.0 Å². The molecule has 1 aliphatic heterocycles. The van der Waals surface area contributed by atoms with Crippen molar-refractivity contribution in [2.24, 2.45) is 0 Å². The molecule has 0 bridgehead atoms. The van der Waals surface area contributed by atoms with Crippen molar-refractivity contribution in [2.45, 2.75) is 25.8 Å². The Labute approximate surface area is 211 Å². The fourth-order valence-electron chi connectivity index (χ4n) is 4.40. The van der Waals surface area contributed by atoms with Gasteiger partial charge in [-0.2, -0.15) is 0 Å². The van der Waals surface area contributed by atoms with Crippen LogP contribution in [0.3, 0.4) is 0 Å². The van der Waals surface area contributed by atoms with Crippen LogP contribution in [0.5, 0.6) is 11.5 Å². The summed E-state index contributed by atoms with van der Waals surface area (Å²) in [6, 6.07) is 19.3. The summed E-state index contributed by atoms with van der Waals surface area (Å²) < 4.78 is 18.1. The Morgan fingerprint density at radius 1 is 1.00 bits per heavy atom. The van der Waals surface area contributed by atoms with Gasteiger partial charge in [0, 0.05) is 16.2 Å². The molecule has 0 spiro atoms. The smallest absolute Gasteiger partial charge is 0.295 e. The van der Waals surface area contributed by atoms with E-state index in [1.165, 1.54) is 0 Å². The van der Waals surface area contributed by atoms with E-state index >= 15 is 0 Å². The van der Waals surface area contributed by atoms with Crippen LogP contribution in [0, 0.1) is 0 Å². The van der Waals surface area contributed by atoms with E-state index in [0.29, 0.717) is 40.3 Å². The van der Waals surface area contributed by atoms with Gasteiger partial charge in [0.25, 0.3) is 5.91 Å². The molecule has 0 N–H and O–H groups in total. The number of amides is 1. The minimum Gasteiger partial charge on any atom is -0.497 e. The van der Waals surface area contributed by atoms with Gasteiger partial charge in [-0.3, -0.25) is 14.5 Å². The lowest BCUT2D eigenvalue weighted by Gasteiger charge is -2.26. The molecule has 7 heteroatoms. The molecule has 5 rings (SSSR count). The van der Waals surface area contributed by atoms with Crippen molar-refractivity contribution in [3.8, 4) is 11.5 Å². The molecule has 0 saturated carbocycles. The van der Waals surface area contributed by atoms with E-state index in [4.69, 9.17) is 13.9 Å². The average molecular weight is 534 g/mol. The lowest BCUT2D eigenvalue weighted by atomic mass is 9.98. The minimum absolute atomic E-state index is 0.0509. The van der Waals surface area contributed by atoms with E-state index in [0.717, 1.165) is 22.9 Å². The Hall–Kier alpha value is -3.58. The van der Waals surface area contributed by atoms with E-state index in [1.54, 1.807) is 36.3 Å². The maximum atomic E-state index is 13.8. The van der Waals surface area contributed by atoms with Gasteiger partial charge in [0.15, 0.2) is 5.43 Å². The van der Waals surface area contributed by atoms with Gasteiger partial charge in [0.2, 0.25) is 5.76 Å². The third-order valence-corrected chi connectivity index (χ3v) is 6.60. The van der Waals surface area contributed by atoms with Gasteiger partial charge in [0.1, 0.15) is 17.1 Å². The molecule has 6 nitrogen and oxygen atoms in total. The molecule has 1 aromatic heterocycles. The van der Waals surface area contributed by atoms with Gasteiger partial charge in [-0.25, -0.2) is 0 Å². The van der Waals surface area contributed by atoms with Gasteiger partial charge >= 0.3 is 0 Å². The van der Waals surface area contributed by atoms with E-state index in [2.05, 4.69) is 22.9 Å². The summed E-state index contributed by atoms with van der Waals surface area (Å²) >= 11 is 3.43. The second-order valence-electron chi connectivity index (χ2n) is 8.37. The summed E-state index contributed by atoms with van der Waals surface area (Å²) in [4.78, 5) is 29.1. The van der Waals surface area contributed by atoms with E-state index < -0.39 is 6.04 Å². The summed E-state index contributed by atoms with van der Waals surface area (Å²) in [6.07, 6.45) is 1.97. The molecule has 1 atom stereocenters. The summed E-state index contributed by atoms with van der Waals surface area (Å²) in [5, 5.41) is 0.416. The molecule has 35 heavy (non-hydrogen) atoms. The highest BCUT2D eigenvalue weighted by atomic mass is 79.9. The van der Waals surface area contributed by atoms with Crippen LogP contribution < -0.4 is 19.8 Å². The fraction of sp³-hybridized carbons (Fsp3) is 0.214. The molecule has 1 aliphatic rings. The Balaban J connectivity index is 1.72. The number of ether oxygens (including phenoxy) is 2. The molecule has 1 unspecified atom stereocenters. The van der Waals surface area contributed by atoms with Crippen LogP contribution in [-0.4, -0.2) is 19.6 Å². The molecule has 0 saturated heterocycles. The molecule has 178 valence electrons. The number of halogens is 1.